The average Bonchev–Trinajstić information content (AvgIpc) is 2.18. The van der Waals surface area contributed by atoms with E-state index >= 15 is 0 Å². The van der Waals surface area contributed by atoms with Crippen molar-refractivity contribution in [1.29, 1.82) is 0 Å². The fraction of sp³-hybridized carbons (Fsp3) is 0.571. The molecule has 96 valence electrons. The van der Waals surface area contributed by atoms with Crippen LogP contribution >= 0.6 is 0 Å². The third-order valence-electron chi connectivity index (χ3n) is 2.54. The first-order chi connectivity index (χ1) is 7.81. The van der Waals surface area contributed by atoms with Crippen LogP contribution < -0.4 is 10.5 Å². The molecule has 0 radical (unpaired) electrons. The molecule has 2 N–H and O–H groups in total. The fourth-order valence-electron chi connectivity index (χ4n) is 2.00. The number of nitrogen functional groups attached to an aromatic ring is 1. The summed E-state index contributed by atoms with van der Waals surface area (Å²) >= 11 is 0. The molecule has 0 saturated heterocycles. The van der Waals surface area contributed by atoms with Crippen LogP contribution in [0, 0.1) is 5.41 Å². The highest BCUT2D eigenvalue weighted by atomic mass is 16.5. The van der Waals surface area contributed by atoms with Gasteiger partial charge < -0.3 is 15.4 Å². The van der Waals surface area contributed by atoms with Crippen molar-refractivity contribution in [2.45, 2.75) is 27.3 Å². The first-order valence-electron chi connectivity index (χ1n) is 5.93. The summed E-state index contributed by atoms with van der Waals surface area (Å²) in [5, 5.41) is 0. The van der Waals surface area contributed by atoms with Gasteiger partial charge in [0.15, 0.2) is 0 Å². The van der Waals surface area contributed by atoms with E-state index in [0.717, 1.165) is 30.1 Å². The lowest BCUT2D eigenvalue weighted by Gasteiger charge is -2.27. The number of benzene rings is 1. The van der Waals surface area contributed by atoms with Crippen LogP contribution in [0.25, 0.3) is 0 Å². The van der Waals surface area contributed by atoms with E-state index in [1.807, 2.05) is 18.2 Å². The van der Waals surface area contributed by atoms with Gasteiger partial charge in [-0.05, 0) is 24.1 Å². The Morgan fingerprint density at radius 1 is 1.29 bits per heavy atom. The van der Waals surface area contributed by atoms with Crippen molar-refractivity contribution in [2.24, 2.45) is 5.41 Å². The summed E-state index contributed by atoms with van der Waals surface area (Å²) in [5.41, 5.74) is 8.25. The van der Waals surface area contributed by atoms with Gasteiger partial charge in [-0.3, -0.25) is 0 Å². The number of rotatable bonds is 4. The Morgan fingerprint density at radius 3 is 2.41 bits per heavy atom. The Kier molecular flexibility index (Phi) is 4.40. The Bertz CT molecular complexity index is 369. The molecule has 3 nitrogen and oxygen atoms in total. The summed E-state index contributed by atoms with van der Waals surface area (Å²) in [5.74, 6) is 0.810. The molecule has 17 heavy (non-hydrogen) atoms. The second-order valence-corrected chi connectivity index (χ2v) is 5.80. The zero-order valence-corrected chi connectivity index (χ0v) is 11.6. The Morgan fingerprint density at radius 2 is 1.94 bits per heavy atom. The summed E-state index contributed by atoms with van der Waals surface area (Å²) < 4.78 is 5.14. The number of anilines is 1. The van der Waals surface area contributed by atoms with Crippen LogP contribution in [0.1, 0.15) is 26.3 Å². The number of nitrogens with two attached hydrogens (primary N) is 1. The van der Waals surface area contributed by atoms with Crippen molar-refractivity contribution in [3.8, 4) is 5.75 Å². The molecule has 0 aliphatic rings. The van der Waals surface area contributed by atoms with Gasteiger partial charge >= 0.3 is 0 Å². The largest absolute Gasteiger partial charge is 0.497 e. The van der Waals surface area contributed by atoms with Gasteiger partial charge in [0.2, 0.25) is 0 Å². The Balaban J connectivity index is 2.68. The van der Waals surface area contributed by atoms with Crippen LogP contribution in [0.2, 0.25) is 0 Å². The van der Waals surface area contributed by atoms with Crippen LogP contribution in [-0.2, 0) is 6.54 Å². The number of hydrogen-bond donors (Lipinski definition) is 1. The normalized spacial score (nSPS) is 11.9. The molecule has 0 aromatic heterocycles. The van der Waals surface area contributed by atoms with E-state index in [1.165, 1.54) is 0 Å². The van der Waals surface area contributed by atoms with E-state index in [-0.39, 0.29) is 0 Å². The first kappa shape index (κ1) is 13.8. The van der Waals surface area contributed by atoms with Gasteiger partial charge in [0.05, 0.1) is 7.11 Å². The third-order valence-corrected chi connectivity index (χ3v) is 2.54. The van der Waals surface area contributed by atoms with Gasteiger partial charge in [-0.25, -0.2) is 0 Å². The average molecular weight is 236 g/mol. The zero-order chi connectivity index (χ0) is 13.1. The van der Waals surface area contributed by atoms with Crippen LogP contribution in [0.4, 0.5) is 5.69 Å². The molecule has 1 rings (SSSR count). The molecule has 0 atom stereocenters. The molecule has 0 heterocycles. The maximum atomic E-state index is 6.00. The smallest absolute Gasteiger partial charge is 0.120 e. The quantitative estimate of drug-likeness (QED) is 0.817. The number of nitrogens with zero attached hydrogens (tertiary/aromatic N) is 1. The standard InChI is InChI=1S/C14H24N2O/c1-14(2,3)10-16(4)9-11-6-7-12(17-5)8-13(11)15/h6-8H,9-10,15H2,1-5H3. The minimum absolute atomic E-state index is 0.302. The predicted molar refractivity (Wildman–Crippen MR) is 73.2 cm³/mol. The predicted octanol–water partition coefficient (Wildman–Crippen LogP) is 2.76. The lowest BCUT2D eigenvalue weighted by atomic mass is 9.96. The van der Waals surface area contributed by atoms with E-state index in [2.05, 4.69) is 32.7 Å². The van der Waals surface area contributed by atoms with Crippen LogP contribution in [-0.4, -0.2) is 25.6 Å². The number of ether oxygens (including phenoxy) is 1. The van der Waals surface area contributed by atoms with Gasteiger partial charge in [-0.1, -0.05) is 26.8 Å². The second-order valence-electron chi connectivity index (χ2n) is 5.80. The van der Waals surface area contributed by atoms with Crippen molar-refractivity contribution in [3.05, 3.63) is 23.8 Å². The second kappa shape index (κ2) is 5.41. The molecule has 1 aromatic rings. The van der Waals surface area contributed by atoms with E-state index in [9.17, 15) is 0 Å². The van der Waals surface area contributed by atoms with Crippen molar-refractivity contribution < 1.29 is 4.74 Å². The molecular weight excluding hydrogens is 212 g/mol. The minimum Gasteiger partial charge on any atom is -0.497 e. The van der Waals surface area contributed by atoms with Crippen molar-refractivity contribution in [3.63, 3.8) is 0 Å². The molecule has 0 bridgehead atoms. The molecule has 0 aliphatic carbocycles. The van der Waals surface area contributed by atoms with E-state index in [1.54, 1.807) is 7.11 Å². The molecule has 0 unspecified atom stereocenters. The third kappa shape index (κ3) is 4.65. The summed E-state index contributed by atoms with van der Waals surface area (Å²) in [7, 11) is 3.77. The van der Waals surface area contributed by atoms with Crippen molar-refractivity contribution in [2.75, 3.05) is 26.4 Å². The van der Waals surface area contributed by atoms with Crippen molar-refractivity contribution >= 4 is 5.69 Å². The molecule has 0 fully saturated rings. The Labute approximate surface area is 105 Å². The maximum absolute atomic E-state index is 6.00. The highest BCUT2D eigenvalue weighted by Gasteiger charge is 2.14. The maximum Gasteiger partial charge on any atom is 0.120 e. The van der Waals surface area contributed by atoms with Gasteiger partial charge in [0, 0.05) is 24.8 Å². The van der Waals surface area contributed by atoms with E-state index in [0.29, 0.717) is 5.41 Å². The van der Waals surface area contributed by atoms with Crippen LogP contribution in [0.15, 0.2) is 18.2 Å². The van der Waals surface area contributed by atoms with E-state index < -0.39 is 0 Å². The lowest BCUT2D eigenvalue weighted by molar-refractivity contribution is 0.221. The topological polar surface area (TPSA) is 38.5 Å². The molecule has 0 amide bonds. The SMILES string of the molecule is COc1ccc(CN(C)CC(C)(C)C)c(N)c1. The van der Waals surface area contributed by atoms with Gasteiger partial charge in [-0.15, -0.1) is 0 Å². The fourth-order valence-corrected chi connectivity index (χ4v) is 2.00. The highest BCUT2D eigenvalue weighted by Crippen LogP contribution is 2.22. The molecule has 0 aliphatic heterocycles. The van der Waals surface area contributed by atoms with Crippen LogP contribution in [0.3, 0.4) is 0 Å². The highest BCUT2D eigenvalue weighted by molar-refractivity contribution is 5.51. The molecule has 3 heteroatoms. The molecule has 1 aromatic carbocycles. The van der Waals surface area contributed by atoms with Gasteiger partial charge in [0.25, 0.3) is 0 Å². The molecule has 0 saturated carbocycles. The molecular formula is C14H24N2O. The van der Waals surface area contributed by atoms with Crippen molar-refractivity contribution in [1.82, 2.24) is 4.90 Å². The van der Waals surface area contributed by atoms with Gasteiger partial charge in [0.1, 0.15) is 5.75 Å². The number of hydrogen-bond acceptors (Lipinski definition) is 3. The summed E-state index contributed by atoms with van der Waals surface area (Å²) in [6, 6.07) is 5.87. The zero-order valence-electron chi connectivity index (χ0n) is 11.6. The lowest BCUT2D eigenvalue weighted by Crippen LogP contribution is -2.29. The van der Waals surface area contributed by atoms with E-state index in [4.69, 9.17) is 10.5 Å². The van der Waals surface area contributed by atoms with Crippen LogP contribution in [0.5, 0.6) is 5.75 Å². The first-order valence-corrected chi connectivity index (χ1v) is 5.93. The minimum atomic E-state index is 0.302. The number of methoxy groups -OCH3 is 1. The molecule has 0 spiro atoms. The summed E-state index contributed by atoms with van der Waals surface area (Å²) in [6.07, 6.45) is 0. The monoisotopic (exact) mass is 236 g/mol. The Hall–Kier alpha value is -1.22. The summed E-state index contributed by atoms with van der Waals surface area (Å²) in [6.45, 7) is 8.62. The van der Waals surface area contributed by atoms with Gasteiger partial charge in [-0.2, -0.15) is 0 Å². The summed E-state index contributed by atoms with van der Waals surface area (Å²) in [4.78, 5) is 2.29.